The summed E-state index contributed by atoms with van der Waals surface area (Å²) in [4.78, 5) is 25.6. The van der Waals surface area contributed by atoms with E-state index in [2.05, 4.69) is 10.4 Å². The van der Waals surface area contributed by atoms with Gasteiger partial charge in [0.2, 0.25) is 5.91 Å². The molecule has 0 aliphatic rings. The molecule has 0 radical (unpaired) electrons. The Hall–Kier alpha value is -3.32. The number of aromatic nitrogens is 4. The van der Waals surface area contributed by atoms with Crippen LogP contribution in [0.4, 0.5) is 5.82 Å². The monoisotopic (exact) mass is 423 g/mol. The average molecular weight is 424 g/mol. The highest BCUT2D eigenvalue weighted by molar-refractivity contribution is 6.31. The molecule has 0 bridgehead atoms. The van der Waals surface area contributed by atoms with Crippen molar-refractivity contribution in [3.63, 3.8) is 0 Å². The molecular formula is C22H22ClN5O2. The smallest absolute Gasteiger partial charge is 0.309 e. The number of halogens is 1. The van der Waals surface area contributed by atoms with Gasteiger partial charge >= 0.3 is 5.69 Å². The van der Waals surface area contributed by atoms with E-state index in [1.54, 1.807) is 21.5 Å². The number of benzene rings is 2. The molecule has 30 heavy (non-hydrogen) atoms. The standard InChI is InChI=1S/C22H22ClN5O2/c1-2-13-26-18-9-5-6-10-19(18)27(22(26)30)15-21(29)25-20-11-12-24-28(20)14-16-7-3-4-8-17(16)23/h3-12H,2,13-15H2,1H3,(H,25,29). The van der Waals surface area contributed by atoms with E-state index in [0.717, 1.165) is 23.0 Å². The van der Waals surface area contributed by atoms with Crippen LogP contribution in [0.15, 0.2) is 65.6 Å². The maximum absolute atomic E-state index is 12.9. The molecule has 0 saturated heterocycles. The van der Waals surface area contributed by atoms with Gasteiger partial charge in [-0.25, -0.2) is 9.48 Å². The number of anilines is 1. The highest BCUT2D eigenvalue weighted by Crippen LogP contribution is 2.18. The number of imidazole rings is 1. The summed E-state index contributed by atoms with van der Waals surface area (Å²) < 4.78 is 4.89. The average Bonchev–Trinajstić information content (AvgIpc) is 3.28. The number of hydrogen-bond acceptors (Lipinski definition) is 3. The van der Waals surface area contributed by atoms with Gasteiger partial charge in [-0.15, -0.1) is 0 Å². The van der Waals surface area contributed by atoms with E-state index in [1.807, 2.05) is 55.5 Å². The normalized spacial score (nSPS) is 11.1. The summed E-state index contributed by atoms with van der Waals surface area (Å²) in [6.07, 6.45) is 2.45. The predicted molar refractivity (Wildman–Crippen MR) is 118 cm³/mol. The number of fused-ring (bicyclic) bond motifs is 1. The minimum Gasteiger partial charge on any atom is -0.309 e. The van der Waals surface area contributed by atoms with Crippen LogP contribution in [0.2, 0.25) is 5.02 Å². The number of rotatable bonds is 7. The van der Waals surface area contributed by atoms with Crippen LogP contribution in [0, 0.1) is 0 Å². The summed E-state index contributed by atoms with van der Waals surface area (Å²) in [5.74, 6) is 0.252. The van der Waals surface area contributed by atoms with Crippen LogP contribution in [0.3, 0.4) is 0 Å². The Balaban J connectivity index is 1.56. The molecule has 4 rings (SSSR count). The molecule has 7 nitrogen and oxygen atoms in total. The number of para-hydroxylation sites is 2. The van der Waals surface area contributed by atoms with E-state index >= 15 is 0 Å². The number of aryl methyl sites for hydroxylation is 1. The first-order valence-electron chi connectivity index (χ1n) is 9.81. The third kappa shape index (κ3) is 3.89. The Kier molecular flexibility index (Phi) is 5.72. The van der Waals surface area contributed by atoms with Crippen LogP contribution in [0.1, 0.15) is 18.9 Å². The van der Waals surface area contributed by atoms with Crippen molar-refractivity contribution in [2.75, 3.05) is 5.32 Å². The summed E-state index contributed by atoms with van der Waals surface area (Å²) >= 11 is 6.24. The Morgan fingerprint density at radius 1 is 1.03 bits per heavy atom. The molecule has 0 aliphatic carbocycles. The van der Waals surface area contributed by atoms with Crippen molar-refractivity contribution in [3.8, 4) is 0 Å². The maximum atomic E-state index is 12.9. The van der Waals surface area contributed by atoms with E-state index < -0.39 is 0 Å². The molecule has 2 aromatic heterocycles. The molecular weight excluding hydrogens is 402 g/mol. The molecule has 0 atom stereocenters. The van der Waals surface area contributed by atoms with Gasteiger partial charge in [0.15, 0.2) is 0 Å². The highest BCUT2D eigenvalue weighted by Gasteiger charge is 2.16. The zero-order valence-corrected chi connectivity index (χ0v) is 17.3. The van der Waals surface area contributed by atoms with Crippen molar-refractivity contribution in [3.05, 3.63) is 81.9 Å². The lowest BCUT2D eigenvalue weighted by atomic mass is 10.2. The SMILES string of the molecule is CCCn1c(=O)n(CC(=O)Nc2ccnn2Cc2ccccc2Cl)c2ccccc21. The van der Waals surface area contributed by atoms with Gasteiger partial charge < -0.3 is 5.32 Å². The summed E-state index contributed by atoms with van der Waals surface area (Å²) in [5.41, 5.74) is 2.30. The van der Waals surface area contributed by atoms with Gasteiger partial charge in [-0.05, 0) is 30.2 Å². The molecule has 0 spiro atoms. The van der Waals surface area contributed by atoms with Gasteiger partial charge in [0.1, 0.15) is 12.4 Å². The Morgan fingerprint density at radius 3 is 2.47 bits per heavy atom. The third-order valence-electron chi connectivity index (χ3n) is 4.94. The number of nitrogens with one attached hydrogen (secondary N) is 1. The number of carbonyl (C=O) groups is 1. The lowest BCUT2D eigenvalue weighted by Crippen LogP contribution is -2.30. The molecule has 0 aliphatic heterocycles. The fraction of sp³-hybridized carbons (Fsp3) is 0.227. The van der Waals surface area contributed by atoms with Gasteiger partial charge in [-0.1, -0.05) is 48.9 Å². The second-order valence-electron chi connectivity index (χ2n) is 7.02. The van der Waals surface area contributed by atoms with Crippen LogP contribution in [0.5, 0.6) is 0 Å². The number of hydrogen-bond donors (Lipinski definition) is 1. The summed E-state index contributed by atoms with van der Waals surface area (Å²) in [7, 11) is 0. The quantitative estimate of drug-likeness (QED) is 0.492. The number of nitrogens with zero attached hydrogens (tertiary/aromatic N) is 4. The maximum Gasteiger partial charge on any atom is 0.329 e. The minimum absolute atomic E-state index is 0.0761. The number of amides is 1. The molecule has 1 amide bonds. The van der Waals surface area contributed by atoms with Gasteiger partial charge in [0.05, 0.1) is 23.8 Å². The molecule has 0 unspecified atom stereocenters. The molecule has 2 aromatic carbocycles. The minimum atomic E-state index is -0.294. The highest BCUT2D eigenvalue weighted by atomic mass is 35.5. The summed E-state index contributed by atoms with van der Waals surface area (Å²) in [6.45, 7) is 2.98. The molecule has 8 heteroatoms. The van der Waals surface area contributed by atoms with E-state index in [9.17, 15) is 9.59 Å². The largest absolute Gasteiger partial charge is 0.329 e. The van der Waals surface area contributed by atoms with Gasteiger partial charge in [0, 0.05) is 17.6 Å². The second kappa shape index (κ2) is 8.59. The van der Waals surface area contributed by atoms with Crippen molar-refractivity contribution in [2.24, 2.45) is 0 Å². The lowest BCUT2D eigenvalue weighted by Gasteiger charge is -2.10. The van der Waals surface area contributed by atoms with Gasteiger partial charge in [0.25, 0.3) is 0 Å². The van der Waals surface area contributed by atoms with Crippen LogP contribution in [-0.4, -0.2) is 24.8 Å². The van der Waals surface area contributed by atoms with Crippen LogP contribution < -0.4 is 11.0 Å². The second-order valence-corrected chi connectivity index (χ2v) is 7.43. The van der Waals surface area contributed by atoms with E-state index in [1.165, 1.54) is 4.57 Å². The van der Waals surface area contributed by atoms with E-state index in [-0.39, 0.29) is 18.1 Å². The fourth-order valence-corrected chi connectivity index (χ4v) is 3.74. The summed E-state index contributed by atoms with van der Waals surface area (Å²) in [5, 5.41) is 7.78. The topological polar surface area (TPSA) is 73.8 Å². The molecule has 154 valence electrons. The van der Waals surface area contributed by atoms with E-state index in [0.29, 0.717) is 23.9 Å². The Bertz CT molecular complexity index is 1250. The molecule has 0 saturated carbocycles. The first-order chi connectivity index (χ1) is 14.6. The third-order valence-corrected chi connectivity index (χ3v) is 5.30. The molecule has 2 heterocycles. The number of carbonyl (C=O) groups excluding carboxylic acids is 1. The molecule has 4 aromatic rings. The molecule has 1 N–H and O–H groups in total. The van der Waals surface area contributed by atoms with Crippen molar-refractivity contribution < 1.29 is 4.79 Å². The van der Waals surface area contributed by atoms with Gasteiger partial charge in [-0.3, -0.25) is 13.9 Å². The fourth-order valence-electron chi connectivity index (χ4n) is 3.54. The Labute approximate surface area is 178 Å². The zero-order chi connectivity index (χ0) is 21.1. The lowest BCUT2D eigenvalue weighted by molar-refractivity contribution is -0.116. The first kappa shape index (κ1) is 20.0. The van der Waals surface area contributed by atoms with Crippen LogP contribution >= 0.6 is 11.6 Å². The first-order valence-corrected chi connectivity index (χ1v) is 10.2. The van der Waals surface area contributed by atoms with E-state index in [4.69, 9.17) is 11.6 Å². The Morgan fingerprint density at radius 2 is 1.73 bits per heavy atom. The van der Waals surface area contributed by atoms with Gasteiger partial charge in [-0.2, -0.15) is 5.10 Å². The van der Waals surface area contributed by atoms with Crippen molar-refractivity contribution in [2.45, 2.75) is 33.0 Å². The van der Waals surface area contributed by atoms with Crippen molar-refractivity contribution >= 4 is 34.4 Å². The summed E-state index contributed by atoms with van der Waals surface area (Å²) in [6, 6.07) is 16.7. The predicted octanol–water partition coefficient (Wildman–Crippen LogP) is 3.75. The molecule has 0 fully saturated rings. The zero-order valence-electron chi connectivity index (χ0n) is 16.6. The van der Waals surface area contributed by atoms with Crippen molar-refractivity contribution in [1.82, 2.24) is 18.9 Å². The van der Waals surface area contributed by atoms with Crippen molar-refractivity contribution in [1.29, 1.82) is 0 Å². The van der Waals surface area contributed by atoms with Crippen LogP contribution in [0.25, 0.3) is 11.0 Å². The van der Waals surface area contributed by atoms with Crippen LogP contribution in [-0.2, 0) is 24.4 Å².